The average molecular weight is 272 g/mol. The van der Waals surface area contributed by atoms with Gasteiger partial charge in [0.1, 0.15) is 0 Å². The molecule has 1 unspecified atom stereocenters. The van der Waals surface area contributed by atoms with Crippen LogP contribution in [0.5, 0.6) is 0 Å². The van der Waals surface area contributed by atoms with Crippen molar-refractivity contribution >= 4 is 5.78 Å². The maximum Gasteiger partial charge on any atom is 0.176 e. The maximum absolute atomic E-state index is 12.3. The third-order valence-electron chi connectivity index (χ3n) is 3.90. The van der Waals surface area contributed by atoms with E-state index in [-0.39, 0.29) is 11.8 Å². The van der Waals surface area contributed by atoms with Gasteiger partial charge in [-0.2, -0.15) is 0 Å². The smallest absolute Gasteiger partial charge is 0.176 e. The molecular formula is C17H24N2O. The van der Waals surface area contributed by atoms with E-state index in [1.807, 2.05) is 12.1 Å². The molecule has 1 heterocycles. The molecule has 1 aliphatic heterocycles. The molecule has 0 saturated carbocycles. The number of carbonyl (C=O) groups excluding carboxylic acids is 1. The summed E-state index contributed by atoms with van der Waals surface area (Å²) in [6.07, 6.45) is 5.25. The fourth-order valence-electron chi connectivity index (χ4n) is 2.53. The van der Waals surface area contributed by atoms with Crippen molar-refractivity contribution in [1.29, 1.82) is 0 Å². The lowest BCUT2D eigenvalue weighted by Crippen LogP contribution is -2.44. The second-order valence-electron chi connectivity index (χ2n) is 5.69. The number of nitrogens with two attached hydrogens (primary N) is 1. The quantitative estimate of drug-likeness (QED) is 0.662. The zero-order chi connectivity index (χ0) is 14.5. The molecule has 1 aromatic rings. The molecular weight excluding hydrogens is 248 g/mol. The summed E-state index contributed by atoms with van der Waals surface area (Å²) in [4.78, 5) is 14.5. The van der Waals surface area contributed by atoms with Gasteiger partial charge in [0.05, 0.1) is 6.54 Å². The monoisotopic (exact) mass is 272 g/mol. The lowest BCUT2D eigenvalue weighted by molar-refractivity contribution is 0.0910. The van der Waals surface area contributed by atoms with E-state index in [1.165, 1.54) is 5.56 Å². The molecule has 108 valence electrons. The highest BCUT2D eigenvalue weighted by atomic mass is 16.1. The molecule has 0 amide bonds. The first-order valence-electron chi connectivity index (χ1n) is 7.35. The Morgan fingerprint density at radius 1 is 1.35 bits per heavy atom. The van der Waals surface area contributed by atoms with Crippen molar-refractivity contribution in [2.45, 2.75) is 32.2 Å². The topological polar surface area (TPSA) is 46.3 Å². The zero-order valence-corrected chi connectivity index (χ0v) is 12.4. The van der Waals surface area contributed by atoms with Crippen LogP contribution in [-0.2, 0) is 0 Å². The third-order valence-corrected chi connectivity index (χ3v) is 3.90. The molecule has 1 atom stereocenters. The summed E-state index contributed by atoms with van der Waals surface area (Å²) < 4.78 is 0. The fraction of sp³-hybridized carbons (Fsp3) is 0.471. The van der Waals surface area contributed by atoms with Crippen molar-refractivity contribution in [3.63, 3.8) is 0 Å². The zero-order valence-electron chi connectivity index (χ0n) is 12.4. The predicted octanol–water partition coefficient (Wildman–Crippen LogP) is 2.58. The Morgan fingerprint density at radius 3 is 2.65 bits per heavy atom. The first-order chi connectivity index (χ1) is 9.61. The molecule has 0 aromatic heterocycles. The minimum absolute atomic E-state index is 0.175. The molecule has 0 bridgehead atoms. The Hall–Kier alpha value is -1.45. The highest BCUT2D eigenvalue weighted by molar-refractivity contribution is 5.97. The largest absolute Gasteiger partial charge is 0.329 e. The summed E-state index contributed by atoms with van der Waals surface area (Å²) in [5.74, 6) is 0.669. The Balaban J connectivity index is 2.02. The van der Waals surface area contributed by atoms with E-state index in [1.54, 1.807) is 0 Å². The van der Waals surface area contributed by atoms with Gasteiger partial charge in [-0.1, -0.05) is 50.3 Å². The Morgan fingerprint density at radius 2 is 2.05 bits per heavy atom. The molecule has 0 spiro atoms. The Kier molecular flexibility index (Phi) is 5.10. The van der Waals surface area contributed by atoms with E-state index in [9.17, 15) is 4.79 Å². The summed E-state index contributed by atoms with van der Waals surface area (Å²) in [5.41, 5.74) is 7.81. The van der Waals surface area contributed by atoms with Crippen molar-refractivity contribution in [3.8, 4) is 0 Å². The van der Waals surface area contributed by atoms with Gasteiger partial charge in [-0.05, 0) is 17.9 Å². The maximum atomic E-state index is 12.3. The van der Waals surface area contributed by atoms with E-state index in [4.69, 9.17) is 5.73 Å². The normalized spacial score (nSPS) is 19.5. The lowest BCUT2D eigenvalue weighted by atomic mass is 10.00. The number of carbonyl (C=O) groups is 1. The molecule has 2 N–H and O–H groups in total. The summed E-state index contributed by atoms with van der Waals surface area (Å²) in [6, 6.07) is 8.18. The predicted molar refractivity (Wildman–Crippen MR) is 83.0 cm³/mol. The lowest BCUT2D eigenvalue weighted by Gasteiger charge is -2.30. The number of nitrogens with zero attached hydrogens (tertiary/aromatic N) is 1. The van der Waals surface area contributed by atoms with Crippen LogP contribution in [0.4, 0.5) is 0 Å². The number of ketones is 1. The van der Waals surface area contributed by atoms with Crippen LogP contribution in [0.2, 0.25) is 0 Å². The van der Waals surface area contributed by atoms with E-state index in [0.717, 1.165) is 18.5 Å². The molecule has 0 fully saturated rings. The van der Waals surface area contributed by atoms with Gasteiger partial charge in [-0.3, -0.25) is 9.69 Å². The summed E-state index contributed by atoms with van der Waals surface area (Å²) >= 11 is 0. The Labute approximate surface area is 121 Å². The number of hydrogen-bond acceptors (Lipinski definition) is 3. The first-order valence-corrected chi connectivity index (χ1v) is 7.35. The van der Waals surface area contributed by atoms with Gasteiger partial charge in [0, 0.05) is 24.7 Å². The van der Waals surface area contributed by atoms with Crippen LogP contribution in [-0.4, -0.2) is 36.4 Å². The summed E-state index contributed by atoms with van der Waals surface area (Å²) in [7, 11) is 0. The minimum atomic E-state index is 0.175. The first kappa shape index (κ1) is 14.9. The number of rotatable bonds is 5. The van der Waals surface area contributed by atoms with Gasteiger partial charge in [0.25, 0.3) is 0 Å². The average Bonchev–Trinajstić information content (AvgIpc) is 2.48. The minimum Gasteiger partial charge on any atom is -0.329 e. The SMILES string of the molecule is CC(C)c1ccc(C(=O)CN2CCC=CC2CN)cc1. The van der Waals surface area contributed by atoms with Gasteiger partial charge in [-0.25, -0.2) is 0 Å². The highest BCUT2D eigenvalue weighted by Crippen LogP contribution is 2.16. The number of benzene rings is 1. The van der Waals surface area contributed by atoms with Crippen LogP contribution < -0.4 is 5.73 Å². The molecule has 0 saturated heterocycles. The summed E-state index contributed by atoms with van der Waals surface area (Å²) in [5, 5.41) is 0. The molecule has 3 nitrogen and oxygen atoms in total. The second-order valence-corrected chi connectivity index (χ2v) is 5.69. The van der Waals surface area contributed by atoms with Gasteiger partial charge < -0.3 is 5.73 Å². The molecule has 20 heavy (non-hydrogen) atoms. The van der Waals surface area contributed by atoms with Crippen LogP contribution in [0, 0.1) is 0 Å². The van der Waals surface area contributed by atoms with Gasteiger partial charge >= 0.3 is 0 Å². The van der Waals surface area contributed by atoms with Crippen LogP contribution in [0.3, 0.4) is 0 Å². The second kappa shape index (κ2) is 6.82. The van der Waals surface area contributed by atoms with Gasteiger partial charge in [-0.15, -0.1) is 0 Å². The van der Waals surface area contributed by atoms with Crippen LogP contribution in [0.25, 0.3) is 0 Å². The molecule has 0 aliphatic carbocycles. The van der Waals surface area contributed by atoms with E-state index >= 15 is 0 Å². The molecule has 2 rings (SSSR count). The van der Waals surface area contributed by atoms with Crippen LogP contribution in [0.15, 0.2) is 36.4 Å². The molecule has 1 aromatic carbocycles. The molecule has 0 radical (unpaired) electrons. The van der Waals surface area contributed by atoms with E-state index in [2.05, 4.69) is 43.0 Å². The summed E-state index contributed by atoms with van der Waals surface area (Å²) in [6.45, 7) is 6.24. The van der Waals surface area contributed by atoms with E-state index < -0.39 is 0 Å². The van der Waals surface area contributed by atoms with Crippen LogP contribution >= 0.6 is 0 Å². The highest BCUT2D eigenvalue weighted by Gasteiger charge is 2.20. The van der Waals surface area contributed by atoms with Crippen molar-refractivity contribution < 1.29 is 4.79 Å². The third kappa shape index (κ3) is 3.56. The Bertz CT molecular complexity index is 476. The van der Waals surface area contributed by atoms with Crippen molar-refractivity contribution in [1.82, 2.24) is 4.90 Å². The molecule has 3 heteroatoms. The van der Waals surface area contributed by atoms with Crippen molar-refractivity contribution in [3.05, 3.63) is 47.5 Å². The fourth-order valence-corrected chi connectivity index (χ4v) is 2.53. The number of Topliss-reactive ketones (excluding diaryl/α,β-unsaturated/α-hetero) is 1. The van der Waals surface area contributed by atoms with Crippen LogP contribution in [0.1, 0.15) is 42.1 Å². The van der Waals surface area contributed by atoms with E-state index in [0.29, 0.717) is 19.0 Å². The standard InChI is InChI=1S/C17H24N2O/c1-13(2)14-6-8-15(9-7-14)17(20)12-19-10-4-3-5-16(19)11-18/h3,5-9,13,16H,4,10-12,18H2,1-2H3. The van der Waals surface area contributed by atoms with Crippen molar-refractivity contribution in [2.75, 3.05) is 19.6 Å². The van der Waals surface area contributed by atoms with Crippen molar-refractivity contribution in [2.24, 2.45) is 5.73 Å². The van der Waals surface area contributed by atoms with Gasteiger partial charge in [0.15, 0.2) is 5.78 Å². The van der Waals surface area contributed by atoms with Gasteiger partial charge in [0.2, 0.25) is 0 Å². The number of hydrogen-bond donors (Lipinski definition) is 1. The molecule has 1 aliphatic rings.